The van der Waals surface area contributed by atoms with Gasteiger partial charge in [-0.15, -0.1) is 0 Å². The fourth-order valence-electron chi connectivity index (χ4n) is 1.55. The van der Waals surface area contributed by atoms with Gasteiger partial charge in [0.2, 0.25) is 0 Å². The minimum Gasteiger partial charge on any atom is -0.464 e. The lowest BCUT2D eigenvalue weighted by Crippen LogP contribution is -2.31. The largest absolute Gasteiger partial charge is 0.464 e. The summed E-state index contributed by atoms with van der Waals surface area (Å²) in [6, 6.07) is 0. The van der Waals surface area contributed by atoms with E-state index in [0.29, 0.717) is 6.61 Å². The van der Waals surface area contributed by atoms with Gasteiger partial charge in [-0.1, -0.05) is 19.8 Å². The molecule has 3 nitrogen and oxygen atoms in total. The predicted octanol–water partition coefficient (Wildman–Crippen LogP) is 1.98. The van der Waals surface area contributed by atoms with E-state index in [1.54, 1.807) is 6.54 Å². The summed E-state index contributed by atoms with van der Waals surface area (Å²) in [7, 11) is 0. The van der Waals surface area contributed by atoms with E-state index < -0.39 is 0 Å². The van der Waals surface area contributed by atoms with Crippen LogP contribution in [0.2, 0.25) is 0 Å². The third-order valence-electron chi connectivity index (χ3n) is 2.42. The minimum atomic E-state index is -0.180. The van der Waals surface area contributed by atoms with Crippen LogP contribution < -0.4 is 0 Å². The number of carbonyl (C=O) groups excluding carboxylic acids is 1. The molecule has 1 aliphatic rings. The SMILES string of the molecule is CCCCOC(=O)[CH]N1CCCCC1. The van der Waals surface area contributed by atoms with Gasteiger partial charge >= 0.3 is 5.97 Å². The Balaban J connectivity index is 2.06. The molecule has 3 heteroatoms. The van der Waals surface area contributed by atoms with E-state index in [0.717, 1.165) is 25.9 Å². The van der Waals surface area contributed by atoms with Crippen LogP contribution in [0.4, 0.5) is 0 Å². The molecule has 0 N–H and O–H groups in total. The van der Waals surface area contributed by atoms with E-state index in [1.165, 1.54) is 19.3 Å². The highest BCUT2D eigenvalue weighted by molar-refractivity contribution is 5.78. The minimum absolute atomic E-state index is 0.180. The van der Waals surface area contributed by atoms with Gasteiger partial charge in [-0.3, -0.25) is 9.69 Å². The summed E-state index contributed by atoms with van der Waals surface area (Å²) >= 11 is 0. The van der Waals surface area contributed by atoms with Crippen molar-refractivity contribution in [3.63, 3.8) is 0 Å². The Morgan fingerprint density at radius 2 is 2.07 bits per heavy atom. The van der Waals surface area contributed by atoms with Crippen molar-refractivity contribution in [3.05, 3.63) is 6.54 Å². The Kier molecular flexibility index (Phi) is 5.60. The molecule has 1 fully saturated rings. The van der Waals surface area contributed by atoms with Crippen LogP contribution in [0.5, 0.6) is 0 Å². The van der Waals surface area contributed by atoms with Gasteiger partial charge < -0.3 is 4.74 Å². The van der Waals surface area contributed by atoms with Crippen LogP contribution >= 0.6 is 0 Å². The maximum atomic E-state index is 11.3. The van der Waals surface area contributed by atoms with Gasteiger partial charge in [0, 0.05) is 0 Å². The first kappa shape index (κ1) is 11.5. The zero-order chi connectivity index (χ0) is 10.2. The van der Waals surface area contributed by atoms with Crippen LogP contribution in [-0.2, 0) is 9.53 Å². The van der Waals surface area contributed by atoms with Crippen LogP contribution in [0.3, 0.4) is 0 Å². The van der Waals surface area contributed by atoms with E-state index in [4.69, 9.17) is 4.74 Å². The monoisotopic (exact) mass is 198 g/mol. The molecule has 1 radical (unpaired) electrons. The molecule has 0 saturated carbocycles. The third-order valence-corrected chi connectivity index (χ3v) is 2.42. The van der Waals surface area contributed by atoms with E-state index >= 15 is 0 Å². The van der Waals surface area contributed by atoms with Crippen LogP contribution in [0, 0.1) is 6.54 Å². The Bertz CT molecular complexity index is 165. The lowest BCUT2D eigenvalue weighted by atomic mass is 10.1. The van der Waals surface area contributed by atoms with Gasteiger partial charge in [0.1, 0.15) is 6.54 Å². The van der Waals surface area contributed by atoms with E-state index in [2.05, 4.69) is 11.8 Å². The number of piperidine rings is 1. The van der Waals surface area contributed by atoms with E-state index in [1.807, 2.05) is 0 Å². The molecule has 14 heavy (non-hydrogen) atoms. The average Bonchev–Trinajstić information content (AvgIpc) is 2.20. The molecule has 0 amide bonds. The molecule has 0 bridgehead atoms. The Hall–Kier alpha value is -0.570. The van der Waals surface area contributed by atoms with Gasteiger partial charge in [-0.05, 0) is 32.4 Å². The number of carbonyl (C=O) groups is 1. The third kappa shape index (κ3) is 4.61. The lowest BCUT2D eigenvalue weighted by Gasteiger charge is -2.24. The maximum absolute atomic E-state index is 11.3. The quantitative estimate of drug-likeness (QED) is 0.499. The fraction of sp³-hybridized carbons (Fsp3) is 0.818. The van der Waals surface area contributed by atoms with Gasteiger partial charge in [0.25, 0.3) is 0 Å². The number of hydrogen-bond donors (Lipinski definition) is 0. The Labute approximate surface area is 86.4 Å². The zero-order valence-corrected chi connectivity index (χ0v) is 9.00. The van der Waals surface area contributed by atoms with Gasteiger partial charge in [-0.2, -0.15) is 0 Å². The molecular weight excluding hydrogens is 178 g/mol. The van der Waals surface area contributed by atoms with Crippen LogP contribution in [0.15, 0.2) is 0 Å². The van der Waals surface area contributed by atoms with Crippen LogP contribution in [0.1, 0.15) is 39.0 Å². The first-order valence-corrected chi connectivity index (χ1v) is 5.58. The van der Waals surface area contributed by atoms with Gasteiger partial charge in [-0.25, -0.2) is 0 Å². The second-order valence-corrected chi connectivity index (χ2v) is 3.75. The molecule has 1 heterocycles. The standard InChI is InChI=1S/C11H20NO2/c1-2-3-9-14-11(13)10-12-7-5-4-6-8-12/h10H,2-9H2,1H3. The van der Waals surface area contributed by atoms with Gasteiger partial charge in [0.05, 0.1) is 6.61 Å². The summed E-state index contributed by atoms with van der Waals surface area (Å²) in [5.74, 6) is -0.180. The highest BCUT2D eigenvalue weighted by Gasteiger charge is 2.14. The summed E-state index contributed by atoms with van der Waals surface area (Å²) in [5.41, 5.74) is 0. The molecule has 1 aliphatic heterocycles. The first-order chi connectivity index (χ1) is 6.83. The molecule has 0 aromatic rings. The van der Waals surface area contributed by atoms with E-state index in [-0.39, 0.29) is 5.97 Å². The van der Waals surface area contributed by atoms with Crippen molar-refractivity contribution in [1.29, 1.82) is 0 Å². The number of rotatable bonds is 5. The smallest absolute Gasteiger partial charge is 0.325 e. The predicted molar refractivity (Wildman–Crippen MR) is 55.6 cm³/mol. The van der Waals surface area contributed by atoms with Crippen molar-refractivity contribution >= 4 is 5.97 Å². The van der Waals surface area contributed by atoms with Crippen molar-refractivity contribution in [2.45, 2.75) is 39.0 Å². The van der Waals surface area contributed by atoms with Crippen molar-refractivity contribution in [1.82, 2.24) is 4.90 Å². The summed E-state index contributed by atoms with van der Waals surface area (Å²) in [6.07, 6.45) is 5.70. The number of nitrogens with zero attached hydrogens (tertiary/aromatic N) is 1. The van der Waals surface area contributed by atoms with Crippen molar-refractivity contribution in [3.8, 4) is 0 Å². The normalized spacial score (nSPS) is 18.1. The van der Waals surface area contributed by atoms with Crippen LogP contribution in [0.25, 0.3) is 0 Å². The first-order valence-electron chi connectivity index (χ1n) is 5.58. The fourth-order valence-corrected chi connectivity index (χ4v) is 1.55. The molecule has 1 rings (SSSR count). The van der Waals surface area contributed by atoms with E-state index in [9.17, 15) is 4.79 Å². The Morgan fingerprint density at radius 1 is 1.36 bits per heavy atom. The number of esters is 1. The highest BCUT2D eigenvalue weighted by Crippen LogP contribution is 2.10. The molecule has 0 aromatic carbocycles. The van der Waals surface area contributed by atoms with Crippen molar-refractivity contribution in [2.24, 2.45) is 0 Å². The summed E-state index contributed by atoms with van der Waals surface area (Å²) in [4.78, 5) is 13.3. The number of likely N-dealkylation sites (tertiary alicyclic amines) is 1. The number of ether oxygens (including phenoxy) is 1. The summed E-state index contributed by atoms with van der Waals surface area (Å²) < 4.78 is 5.05. The molecular formula is C11H20NO2. The molecule has 0 unspecified atom stereocenters. The van der Waals surface area contributed by atoms with Gasteiger partial charge in [0.15, 0.2) is 0 Å². The second kappa shape index (κ2) is 6.82. The summed E-state index contributed by atoms with van der Waals surface area (Å²) in [6.45, 7) is 6.27. The number of hydrogen-bond acceptors (Lipinski definition) is 3. The molecule has 0 atom stereocenters. The highest BCUT2D eigenvalue weighted by atomic mass is 16.5. The van der Waals surface area contributed by atoms with Crippen molar-refractivity contribution < 1.29 is 9.53 Å². The topological polar surface area (TPSA) is 29.5 Å². The Morgan fingerprint density at radius 3 is 2.71 bits per heavy atom. The molecule has 81 valence electrons. The second-order valence-electron chi connectivity index (χ2n) is 3.75. The average molecular weight is 198 g/mol. The lowest BCUT2D eigenvalue weighted by molar-refractivity contribution is -0.141. The molecule has 0 aromatic heterocycles. The molecule has 0 spiro atoms. The maximum Gasteiger partial charge on any atom is 0.325 e. The number of unbranched alkanes of at least 4 members (excludes halogenated alkanes) is 1. The summed E-state index contributed by atoms with van der Waals surface area (Å²) in [5, 5.41) is 0. The van der Waals surface area contributed by atoms with Crippen molar-refractivity contribution in [2.75, 3.05) is 19.7 Å². The zero-order valence-electron chi connectivity index (χ0n) is 9.00. The van der Waals surface area contributed by atoms with Crippen LogP contribution in [-0.4, -0.2) is 30.6 Å². The molecule has 0 aliphatic carbocycles. The molecule has 1 saturated heterocycles.